The Kier molecular flexibility index (Phi) is 34.4. The minimum absolute atomic E-state index is 0. The van der Waals surface area contributed by atoms with Crippen LogP contribution in [0.3, 0.4) is 0 Å². The van der Waals surface area contributed by atoms with Crippen LogP contribution in [0.1, 0.15) is 16.7 Å². The molecular formula is C33H37ClF2K2O18S3. The van der Waals surface area contributed by atoms with Gasteiger partial charge in [0.05, 0.1) is 16.4 Å². The Bertz CT molecular complexity index is 1840. The second-order valence-electron chi connectivity index (χ2n) is 10.9. The van der Waals surface area contributed by atoms with Crippen LogP contribution in [0.4, 0.5) is 18.8 Å². The van der Waals surface area contributed by atoms with E-state index in [-0.39, 0.29) is 150 Å². The van der Waals surface area contributed by atoms with Gasteiger partial charge in [-0.15, -0.1) is 0 Å². The van der Waals surface area contributed by atoms with E-state index in [4.69, 9.17) is 33.7 Å². The van der Waals surface area contributed by atoms with Gasteiger partial charge >= 0.3 is 133 Å². The van der Waals surface area contributed by atoms with Crippen LogP contribution in [-0.4, -0.2) is 111 Å². The second kappa shape index (κ2) is 33.0. The summed E-state index contributed by atoms with van der Waals surface area (Å²) in [6.07, 6.45) is -3.48. The molecule has 0 bridgehead atoms. The van der Waals surface area contributed by atoms with Crippen molar-refractivity contribution in [3.63, 3.8) is 0 Å². The molecule has 0 aliphatic carbocycles. The summed E-state index contributed by atoms with van der Waals surface area (Å²) in [6, 6.07) is 19.9. The zero-order valence-electron chi connectivity index (χ0n) is 32.1. The minimum Gasteiger partial charge on any atom is -1.00 e. The van der Waals surface area contributed by atoms with Crippen molar-refractivity contribution in [2.75, 3.05) is 39.7 Å². The van der Waals surface area contributed by atoms with E-state index in [0.29, 0.717) is 6.61 Å². The number of aliphatic hydroxyl groups is 1. The van der Waals surface area contributed by atoms with Gasteiger partial charge in [0, 0.05) is 10.7 Å². The zero-order valence-corrected chi connectivity index (χ0v) is 41.6. The molecule has 0 amide bonds. The predicted molar refractivity (Wildman–Crippen MR) is 191 cm³/mol. The zero-order chi connectivity index (χ0) is 42.3. The van der Waals surface area contributed by atoms with Crippen molar-refractivity contribution >= 4 is 59.9 Å². The topological polar surface area (TPSA) is 262 Å². The number of carbonyl (C=O) groups excluding carboxylic acids is 3. The van der Waals surface area contributed by atoms with Crippen LogP contribution in [0, 0.1) is 20.8 Å². The molecule has 3 atom stereocenters. The molecule has 3 heterocycles. The third-order valence-corrected chi connectivity index (χ3v) is 8.61. The molecule has 0 spiro atoms. The average molecular weight is 969 g/mol. The Morgan fingerprint density at radius 1 is 0.695 bits per heavy atom. The Labute approximate surface area is 432 Å². The van der Waals surface area contributed by atoms with Crippen LogP contribution < -0.4 is 112 Å². The number of alkyl halides is 1. The number of cyclic esters (lactones) is 6. The van der Waals surface area contributed by atoms with E-state index >= 15 is 0 Å². The van der Waals surface area contributed by atoms with Crippen molar-refractivity contribution in [3.8, 4) is 5.75 Å². The van der Waals surface area contributed by atoms with E-state index < -0.39 is 68.1 Å². The maximum absolute atomic E-state index is 11.5. The van der Waals surface area contributed by atoms with E-state index in [1.54, 1.807) is 24.3 Å². The van der Waals surface area contributed by atoms with Gasteiger partial charge in [-0.3, -0.25) is 0 Å². The Balaban J connectivity index is -0.000000656. The number of aryl methyl sites for hydroxylation is 3. The summed E-state index contributed by atoms with van der Waals surface area (Å²) < 4.78 is 113. The van der Waals surface area contributed by atoms with Gasteiger partial charge in [0.25, 0.3) is 9.05 Å². The summed E-state index contributed by atoms with van der Waals surface area (Å²) >= 11 is -0.750. The van der Waals surface area contributed by atoms with Gasteiger partial charge in [-0.1, -0.05) is 53.1 Å². The van der Waals surface area contributed by atoms with Crippen molar-refractivity contribution in [3.05, 3.63) is 89.5 Å². The normalized spacial score (nSPS) is 16.8. The summed E-state index contributed by atoms with van der Waals surface area (Å²) in [5.41, 5.74) is 3.12. The standard InChI is InChI=1S/C11H12O4.C7H7ClO2S.C7H8O3S.C4H5FO3.C4H6O4.FH.2K.O2S/c1-8-2-4-9(5-3-8)13-6-10-7-14-11(12)15-10;2*1-6-2-4-7(5-3-6)11(8,9)10;2*5-1-3-2-7-4(6)8-3;;;;1-3-2/h2-5,10H,6-7H2,1H3;2-5H,1H3;2-5H,1H3,(H,8,9,10);3H,1-2H2;3,5H,1-2H2;1H;;;/q;;;;;;2*+1;/p-2. The van der Waals surface area contributed by atoms with Gasteiger partial charge in [-0.25, -0.2) is 35.6 Å². The molecule has 59 heavy (non-hydrogen) atoms. The summed E-state index contributed by atoms with van der Waals surface area (Å²) in [7, 11) is -2.73. The summed E-state index contributed by atoms with van der Waals surface area (Å²) in [4.78, 5) is 30.6. The first-order valence-electron chi connectivity index (χ1n) is 15.6. The van der Waals surface area contributed by atoms with Gasteiger partial charge in [-0.05, 0) is 57.2 Å². The molecule has 26 heteroatoms. The number of hydrogen-bond acceptors (Lipinski definition) is 18. The number of ether oxygens (including phenoxy) is 7. The number of halogens is 3. The number of rotatable bonds is 7. The molecule has 3 fully saturated rings. The molecule has 3 aromatic carbocycles. The molecule has 318 valence electrons. The van der Waals surface area contributed by atoms with E-state index in [9.17, 15) is 40.2 Å². The third kappa shape index (κ3) is 28.5. The fraction of sp³-hybridized carbons (Fsp3) is 0.364. The van der Waals surface area contributed by atoms with Crippen LogP contribution in [0.5, 0.6) is 5.75 Å². The Morgan fingerprint density at radius 3 is 1.31 bits per heavy atom. The Hall–Kier alpha value is -1.67. The molecule has 3 unspecified atom stereocenters. The van der Waals surface area contributed by atoms with Crippen LogP contribution in [0.15, 0.2) is 82.6 Å². The summed E-state index contributed by atoms with van der Waals surface area (Å²) in [5, 5.41) is 8.33. The van der Waals surface area contributed by atoms with Crippen molar-refractivity contribution < 1.29 is 194 Å². The average Bonchev–Trinajstić information content (AvgIpc) is 3.89. The molecule has 0 aromatic heterocycles. The molecule has 6 rings (SSSR count). The molecular weight excluding hydrogens is 932 g/mol. The van der Waals surface area contributed by atoms with Crippen LogP contribution in [0.25, 0.3) is 0 Å². The van der Waals surface area contributed by atoms with E-state index in [0.717, 1.165) is 16.9 Å². The molecule has 18 nitrogen and oxygen atoms in total. The van der Waals surface area contributed by atoms with Gasteiger partial charge in [-0.2, -0.15) is 8.42 Å². The molecule has 0 saturated carbocycles. The largest absolute Gasteiger partial charge is 1.00 e. The van der Waals surface area contributed by atoms with Crippen LogP contribution in [0.2, 0.25) is 0 Å². The molecule has 3 aliphatic heterocycles. The Morgan fingerprint density at radius 2 is 1.03 bits per heavy atom. The van der Waals surface area contributed by atoms with Gasteiger partial charge < -0.3 is 47.5 Å². The third-order valence-electron chi connectivity index (χ3n) is 6.39. The fourth-order valence-corrected chi connectivity index (χ4v) is 4.81. The van der Waals surface area contributed by atoms with Crippen molar-refractivity contribution in [2.24, 2.45) is 0 Å². The summed E-state index contributed by atoms with van der Waals surface area (Å²) in [6.45, 7) is 5.71. The maximum Gasteiger partial charge on any atom is 1.00 e. The van der Waals surface area contributed by atoms with Gasteiger partial charge in [0.2, 0.25) is 0 Å². The monoisotopic (exact) mass is 968 g/mol. The maximum atomic E-state index is 11.5. The number of carbonyl (C=O) groups is 3. The predicted octanol–water partition coefficient (Wildman–Crippen LogP) is -4.92. The molecule has 1 N–H and O–H groups in total. The first kappa shape index (κ1) is 61.6. The van der Waals surface area contributed by atoms with E-state index in [2.05, 4.69) is 23.7 Å². The summed E-state index contributed by atoms with van der Waals surface area (Å²) in [5.74, 6) is 0.767. The van der Waals surface area contributed by atoms with E-state index in [1.807, 2.05) is 45.0 Å². The quantitative estimate of drug-likeness (QED) is 0.0765. The van der Waals surface area contributed by atoms with Crippen molar-refractivity contribution in [1.82, 2.24) is 0 Å². The van der Waals surface area contributed by atoms with Crippen LogP contribution in [-0.2, 0) is 59.2 Å². The second-order valence-corrected chi connectivity index (χ2v) is 15.0. The van der Waals surface area contributed by atoms with Crippen molar-refractivity contribution in [2.45, 2.75) is 48.9 Å². The first-order chi connectivity index (χ1) is 26.3. The molecule has 3 aromatic rings. The van der Waals surface area contributed by atoms with E-state index in [1.165, 1.54) is 29.8 Å². The van der Waals surface area contributed by atoms with Crippen LogP contribution >= 0.6 is 10.7 Å². The minimum atomic E-state index is -4.27. The van der Waals surface area contributed by atoms with Gasteiger partial charge in [0.1, 0.15) is 49.0 Å². The SMILES string of the molecule is Cc1ccc(OCC2COC(=O)O2)cc1.Cc1ccc(S(=O)(=O)Cl)cc1.Cc1ccc(S(=O)(=O)[O-])cc1.O=C1OCC(CF)O1.O=C1OCC(CO)O1.O=S=O.[F-].[K+].[K+]. The molecule has 0 radical (unpaired) electrons. The fourth-order valence-electron chi connectivity index (χ4n) is 3.57. The number of benzene rings is 3. The smallest absolute Gasteiger partial charge is 1.00 e. The number of aliphatic hydroxyl groups excluding tert-OH is 1. The van der Waals surface area contributed by atoms with Gasteiger partial charge in [0.15, 0.2) is 18.3 Å². The first-order valence-corrected chi connectivity index (χ1v) is 20.0. The molecule has 3 saturated heterocycles. The number of hydrogen-bond donors (Lipinski definition) is 1. The van der Waals surface area contributed by atoms with Crippen molar-refractivity contribution in [1.29, 1.82) is 0 Å². The molecule has 3 aliphatic rings.